The lowest BCUT2D eigenvalue weighted by Gasteiger charge is -2.25. The normalized spacial score (nSPS) is 25.2. The van der Waals surface area contributed by atoms with Gasteiger partial charge in [0.15, 0.2) is 14.9 Å². The molecule has 19 heavy (non-hydrogen) atoms. The zero-order valence-electron chi connectivity index (χ0n) is 10.8. The molecule has 1 atom stereocenters. The Bertz CT molecular complexity index is 583. The predicted octanol–water partition coefficient (Wildman–Crippen LogP) is 0.964. The molecule has 1 aromatic heterocycles. The van der Waals surface area contributed by atoms with Crippen LogP contribution in [0.1, 0.15) is 25.3 Å². The minimum absolute atomic E-state index is 0.109. The number of nitrogens with zero attached hydrogens (tertiary/aromatic N) is 2. The summed E-state index contributed by atoms with van der Waals surface area (Å²) in [6, 6.07) is 0. The van der Waals surface area contributed by atoms with Crippen molar-refractivity contribution in [3.8, 4) is 0 Å². The van der Waals surface area contributed by atoms with Gasteiger partial charge in [0.2, 0.25) is 5.13 Å². The molecule has 6 nitrogen and oxygen atoms in total. The average Bonchev–Trinajstić information content (AvgIpc) is 2.83. The Morgan fingerprint density at radius 1 is 1.53 bits per heavy atom. The molecule has 0 radical (unpaired) electrons. The Hall–Kier alpha value is -0.800. The second-order valence-corrected chi connectivity index (χ2v) is 8.49. The van der Waals surface area contributed by atoms with Crippen LogP contribution < -0.4 is 10.6 Å². The van der Waals surface area contributed by atoms with Crippen LogP contribution in [0.15, 0.2) is 0 Å². The number of hydrogen-bond acceptors (Lipinski definition) is 6. The SMILES string of the molecule is CCc1nnc(NC(=S)N[C@@]2(C)CCS(=O)(=O)C2)s1. The molecule has 1 fully saturated rings. The Morgan fingerprint density at radius 2 is 2.26 bits per heavy atom. The second kappa shape index (κ2) is 5.29. The molecule has 0 aliphatic carbocycles. The van der Waals surface area contributed by atoms with Gasteiger partial charge >= 0.3 is 0 Å². The Balaban J connectivity index is 1.95. The predicted molar refractivity (Wildman–Crippen MR) is 80.3 cm³/mol. The van der Waals surface area contributed by atoms with Crippen LogP contribution >= 0.6 is 23.6 Å². The molecule has 0 amide bonds. The summed E-state index contributed by atoms with van der Waals surface area (Å²) < 4.78 is 23.0. The number of anilines is 1. The molecular formula is C10H16N4O2S3. The van der Waals surface area contributed by atoms with Gasteiger partial charge in [-0.3, -0.25) is 0 Å². The van der Waals surface area contributed by atoms with Gasteiger partial charge in [0, 0.05) is 0 Å². The van der Waals surface area contributed by atoms with E-state index in [1.54, 1.807) is 0 Å². The topological polar surface area (TPSA) is 84.0 Å². The van der Waals surface area contributed by atoms with Gasteiger partial charge in [-0.15, -0.1) is 10.2 Å². The molecule has 2 heterocycles. The summed E-state index contributed by atoms with van der Waals surface area (Å²) in [6.07, 6.45) is 1.39. The summed E-state index contributed by atoms with van der Waals surface area (Å²) in [6.45, 7) is 3.87. The van der Waals surface area contributed by atoms with Gasteiger partial charge in [-0.25, -0.2) is 8.42 Å². The van der Waals surface area contributed by atoms with Crippen molar-refractivity contribution in [1.29, 1.82) is 0 Å². The molecule has 1 aliphatic rings. The summed E-state index contributed by atoms with van der Waals surface area (Å²) in [7, 11) is -2.95. The maximum Gasteiger partial charge on any atom is 0.211 e. The van der Waals surface area contributed by atoms with Crippen molar-refractivity contribution in [3.05, 3.63) is 5.01 Å². The molecule has 0 bridgehead atoms. The standard InChI is InChI=1S/C10H16N4O2S3/c1-3-7-13-14-9(18-7)11-8(17)12-10(2)4-5-19(15,16)6-10/h3-6H2,1-2H3,(H2,11,12,14,17)/t10-/m0/s1. The number of aryl methyl sites for hydroxylation is 1. The highest BCUT2D eigenvalue weighted by Gasteiger charge is 2.38. The number of aromatic nitrogens is 2. The molecule has 0 unspecified atom stereocenters. The molecule has 0 aromatic carbocycles. The zero-order chi connectivity index (χ0) is 14.1. The molecular weight excluding hydrogens is 304 g/mol. The third-order valence-corrected chi connectivity index (χ3v) is 6.00. The van der Waals surface area contributed by atoms with Gasteiger partial charge in [-0.2, -0.15) is 0 Å². The van der Waals surface area contributed by atoms with Crippen LogP contribution in [0.2, 0.25) is 0 Å². The highest BCUT2D eigenvalue weighted by Crippen LogP contribution is 2.23. The molecule has 0 saturated carbocycles. The molecule has 0 spiro atoms. The first-order chi connectivity index (χ1) is 8.82. The first-order valence-corrected chi connectivity index (χ1v) is 8.98. The zero-order valence-corrected chi connectivity index (χ0v) is 13.2. The third kappa shape index (κ3) is 3.83. The highest BCUT2D eigenvalue weighted by molar-refractivity contribution is 7.91. The van der Waals surface area contributed by atoms with E-state index in [9.17, 15) is 8.42 Å². The first-order valence-electron chi connectivity index (χ1n) is 5.94. The fourth-order valence-corrected chi connectivity index (χ4v) is 5.14. The quantitative estimate of drug-likeness (QED) is 0.803. The summed E-state index contributed by atoms with van der Waals surface area (Å²) in [5.74, 6) is 0.316. The van der Waals surface area contributed by atoms with E-state index in [4.69, 9.17) is 12.2 Å². The van der Waals surface area contributed by atoms with E-state index in [1.165, 1.54) is 11.3 Å². The number of thiocarbonyl (C=S) groups is 1. The molecule has 2 rings (SSSR count). The smallest absolute Gasteiger partial charge is 0.211 e. The van der Waals surface area contributed by atoms with Crippen LogP contribution in [0.4, 0.5) is 5.13 Å². The van der Waals surface area contributed by atoms with E-state index in [2.05, 4.69) is 20.8 Å². The molecule has 1 aliphatic heterocycles. The van der Waals surface area contributed by atoms with Gasteiger partial charge < -0.3 is 10.6 Å². The fourth-order valence-electron chi connectivity index (χ4n) is 1.96. The van der Waals surface area contributed by atoms with Gasteiger partial charge in [0.1, 0.15) is 5.01 Å². The van der Waals surface area contributed by atoms with Crippen molar-refractivity contribution in [2.45, 2.75) is 32.2 Å². The van der Waals surface area contributed by atoms with E-state index >= 15 is 0 Å². The minimum atomic E-state index is -2.95. The van der Waals surface area contributed by atoms with Crippen molar-refractivity contribution in [3.63, 3.8) is 0 Å². The van der Waals surface area contributed by atoms with Crippen LogP contribution in [0.5, 0.6) is 0 Å². The van der Waals surface area contributed by atoms with E-state index in [1.807, 2.05) is 13.8 Å². The highest BCUT2D eigenvalue weighted by atomic mass is 32.2. The van der Waals surface area contributed by atoms with Gasteiger partial charge in [-0.1, -0.05) is 18.3 Å². The minimum Gasteiger partial charge on any atom is -0.356 e. The summed E-state index contributed by atoms with van der Waals surface area (Å²) in [5.41, 5.74) is -0.499. The number of nitrogens with one attached hydrogen (secondary N) is 2. The molecule has 1 aromatic rings. The lowest BCUT2D eigenvalue weighted by molar-refractivity contribution is 0.474. The van der Waals surface area contributed by atoms with Gasteiger partial charge in [0.05, 0.1) is 17.0 Å². The van der Waals surface area contributed by atoms with Crippen LogP contribution in [0.25, 0.3) is 0 Å². The summed E-state index contributed by atoms with van der Waals surface area (Å²) in [5, 5.41) is 15.9. The molecule has 2 N–H and O–H groups in total. The second-order valence-electron chi connectivity index (χ2n) is 4.84. The third-order valence-electron chi connectivity index (χ3n) is 2.91. The Morgan fingerprint density at radius 3 is 2.79 bits per heavy atom. The lowest BCUT2D eigenvalue weighted by atomic mass is 10.0. The van der Waals surface area contributed by atoms with Crippen molar-refractivity contribution >= 4 is 43.6 Å². The van der Waals surface area contributed by atoms with Crippen molar-refractivity contribution in [2.24, 2.45) is 0 Å². The first kappa shape index (κ1) is 14.6. The average molecular weight is 320 g/mol. The number of rotatable bonds is 3. The maximum atomic E-state index is 11.5. The summed E-state index contributed by atoms with van der Waals surface area (Å²) in [4.78, 5) is 0. The lowest BCUT2D eigenvalue weighted by Crippen LogP contribution is -2.48. The van der Waals surface area contributed by atoms with E-state index < -0.39 is 15.4 Å². The number of hydrogen-bond donors (Lipinski definition) is 2. The number of sulfone groups is 1. The molecule has 1 saturated heterocycles. The Kier molecular flexibility index (Phi) is 4.07. The summed E-state index contributed by atoms with van der Waals surface area (Å²) >= 11 is 6.63. The monoisotopic (exact) mass is 320 g/mol. The largest absolute Gasteiger partial charge is 0.356 e. The van der Waals surface area contributed by atoms with Crippen LogP contribution in [0, 0.1) is 0 Å². The molecule has 106 valence electrons. The fraction of sp³-hybridized carbons (Fsp3) is 0.700. The van der Waals surface area contributed by atoms with Crippen LogP contribution in [-0.2, 0) is 16.3 Å². The van der Waals surface area contributed by atoms with Crippen LogP contribution in [-0.4, -0.2) is 40.8 Å². The van der Waals surface area contributed by atoms with E-state index in [-0.39, 0.29) is 11.5 Å². The van der Waals surface area contributed by atoms with Gasteiger partial charge in [-0.05, 0) is 32.0 Å². The van der Waals surface area contributed by atoms with Crippen molar-refractivity contribution in [1.82, 2.24) is 15.5 Å². The van der Waals surface area contributed by atoms with E-state index in [0.29, 0.717) is 16.7 Å². The van der Waals surface area contributed by atoms with Crippen LogP contribution in [0.3, 0.4) is 0 Å². The Labute approximate surface area is 121 Å². The molecule has 9 heteroatoms. The van der Waals surface area contributed by atoms with Gasteiger partial charge in [0.25, 0.3) is 0 Å². The van der Waals surface area contributed by atoms with Crippen molar-refractivity contribution in [2.75, 3.05) is 16.8 Å². The van der Waals surface area contributed by atoms with E-state index in [0.717, 1.165) is 11.4 Å². The van der Waals surface area contributed by atoms with Crippen molar-refractivity contribution < 1.29 is 8.42 Å². The maximum absolute atomic E-state index is 11.5.